The molecule has 2 N–H and O–H groups in total. The van der Waals surface area contributed by atoms with Crippen LogP contribution in [0.3, 0.4) is 0 Å². The number of aromatic nitrogens is 4. The number of hydrogen-bond donors (Lipinski definition) is 2. The van der Waals surface area contributed by atoms with Crippen LogP contribution in [-0.2, 0) is 11.3 Å². The summed E-state index contributed by atoms with van der Waals surface area (Å²) in [6, 6.07) is 10.7. The van der Waals surface area contributed by atoms with Gasteiger partial charge in [-0.1, -0.05) is 12.1 Å². The lowest BCUT2D eigenvalue weighted by Crippen LogP contribution is -2.35. The maximum atomic E-state index is 13.0. The van der Waals surface area contributed by atoms with Crippen molar-refractivity contribution in [1.29, 1.82) is 0 Å². The number of nitrogens with one attached hydrogen (secondary N) is 2. The number of imidazole rings is 1. The molecule has 9 heteroatoms. The Labute approximate surface area is 171 Å². The van der Waals surface area contributed by atoms with Gasteiger partial charge in [-0.05, 0) is 31.2 Å². The van der Waals surface area contributed by atoms with Crippen LogP contribution in [0.5, 0.6) is 11.5 Å². The van der Waals surface area contributed by atoms with Crippen LogP contribution in [0.15, 0.2) is 47.4 Å². The van der Waals surface area contributed by atoms with E-state index in [0.717, 1.165) is 15.7 Å². The Bertz CT molecular complexity index is 1260. The number of aromatic amines is 1. The van der Waals surface area contributed by atoms with Gasteiger partial charge >= 0.3 is 0 Å². The lowest BCUT2D eigenvalue weighted by atomic mass is 10.1. The summed E-state index contributed by atoms with van der Waals surface area (Å²) in [5.74, 6) is 1.02. The number of carbonyl (C=O) groups excluding carboxylic acids is 1. The van der Waals surface area contributed by atoms with Crippen LogP contribution in [0, 0.1) is 0 Å². The second kappa shape index (κ2) is 7.86. The number of nitrogens with zero attached hydrogens (tertiary/aromatic N) is 3. The van der Waals surface area contributed by atoms with Gasteiger partial charge in [-0.25, -0.2) is 9.67 Å². The molecule has 0 aliphatic carbocycles. The molecule has 0 aliphatic rings. The molecular weight excluding hydrogens is 386 g/mol. The summed E-state index contributed by atoms with van der Waals surface area (Å²) in [6.07, 6.45) is 1.52. The van der Waals surface area contributed by atoms with E-state index in [1.54, 1.807) is 12.1 Å². The van der Waals surface area contributed by atoms with Crippen LogP contribution in [0.2, 0.25) is 0 Å². The summed E-state index contributed by atoms with van der Waals surface area (Å²) in [4.78, 5) is 33.2. The molecule has 154 valence electrons. The van der Waals surface area contributed by atoms with Crippen LogP contribution in [0.25, 0.3) is 21.8 Å². The van der Waals surface area contributed by atoms with Gasteiger partial charge in [0.15, 0.2) is 11.5 Å². The number of carbonyl (C=O) groups is 1. The summed E-state index contributed by atoms with van der Waals surface area (Å²) < 4.78 is 11.7. The fourth-order valence-electron chi connectivity index (χ4n) is 3.37. The van der Waals surface area contributed by atoms with Crippen molar-refractivity contribution in [2.75, 3.05) is 14.2 Å². The molecule has 0 bridgehead atoms. The van der Waals surface area contributed by atoms with Crippen molar-refractivity contribution < 1.29 is 14.3 Å². The van der Waals surface area contributed by atoms with Crippen molar-refractivity contribution >= 4 is 27.7 Å². The fraction of sp³-hybridized carbons (Fsp3) is 0.238. The van der Waals surface area contributed by atoms with Crippen molar-refractivity contribution in [3.63, 3.8) is 0 Å². The van der Waals surface area contributed by atoms with Crippen molar-refractivity contribution in [1.82, 2.24) is 25.1 Å². The van der Waals surface area contributed by atoms with Gasteiger partial charge in [-0.3, -0.25) is 9.59 Å². The topological polar surface area (TPSA) is 111 Å². The minimum absolute atomic E-state index is 0.236. The Hall–Kier alpha value is -3.88. The largest absolute Gasteiger partial charge is 0.493 e. The first kappa shape index (κ1) is 19.4. The number of methoxy groups -OCH3 is 2. The SMILES string of the molecule is COc1ccc2cnn(CC(=O)N[C@@H](C)c3nc4ccccc4[nH]3)c(=O)c2c1OC. The summed E-state index contributed by atoms with van der Waals surface area (Å²) in [7, 11) is 2.96. The van der Waals surface area contributed by atoms with Crippen LogP contribution < -0.4 is 20.3 Å². The molecule has 30 heavy (non-hydrogen) atoms. The Balaban J connectivity index is 1.58. The Kier molecular flexibility index (Phi) is 5.09. The molecule has 0 spiro atoms. The van der Waals surface area contributed by atoms with E-state index >= 15 is 0 Å². The highest BCUT2D eigenvalue weighted by Gasteiger charge is 2.18. The number of amides is 1. The molecule has 0 fully saturated rings. The molecule has 2 aromatic heterocycles. The van der Waals surface area contributed by atoms with Crippen molar-refractivity contribution in [2.45, 2.75) is 19.5 Å². The van der Waals surface area contributed by atoms with Gasteiger partial charge in [0.25, 0.3) is 5.56 Å². The van der Waals surface area contributed by atoms with E-state index in [1.807, 2.05) is 31.2 Å². The molecular formula is C21H21N5O4. The molecule has 0 aliphatic heterocycles. The molecule has 0 saturated carbocycles. The van der Waals surface area contributed by atoms with Gasteiger partial charge < -0.3 is 19.8 Å². The van der Waals surface area contributed by atoms with Crippen LogP contribution >= 0.6 is 0 Å². The lowest BCUT2D eigenvalue weighted by Gasteiger charge is -2.13. The van der Waals surface area contributed by atoms with Crippen molar-refractivity contribution in [3.05, 3.63) is 58.8 Å². The van der Waals surface area contributed by atoms with E-state index in [1.165, 1.54) is 20.4 Å². The van der Waals surface area contributed by atoms with E-state index in [0.29, 0.717) is 28.1 Å². The molecule has 2 heterocycles. The third kappa shape index (κ3) is 3.45. The first-order valence-corrected chi connectivity index (χ1v) is 9.36. The zero-order valence-corrected chi connectivity index (χ0v) is 16.8. The average molecular weight is 407 g/mol. The van der Waals surface area contributed by atoms with Gasteiger partial charge in [-0.2, -0.15) is 5.10 Å². The molecule has 4 aromatic rings. The summed E-state index contributed by atoms with van der Waals surface area (Å²) in [6.45, 7) is 1.58. The zero-order valence-electron chi connectivity index (χ0n) is 16.8. The Morgan fingerprint density at radius 1 is 1.20 bits per heavy atom. The number of benzene rings is 2. The maximum Gasteiger partial charge on any atom is 0.279 e. The molecule has 0 unspecified atom stereocenters. The molecule has 0 saturated heterocycles. The number of H-pyrrole nitrogens is 1. The average Bonchev–Trinajstić information content (AvgIpc) is 3.19. The lowest BCUT2D eigenvalue weighted by molar-refractivity contribution is -0.122. The first-order valence-electron chi connectivity index (χ1n) is 9.36. The van der Waals surface area contributed by atoms with Crippen LogP contribution in [-0.4, -0.2) is 39.9 Å². The quantitative estimate of drug-likeness (QED) is 0.507. The Morgan fingerprint density at radius 2 is 2.00 bits per heavy atom. The third-order valence-corrected chi connectivity index (χ3v) is 4.85. The molecule has 1 amide bonds. The third-order valence-electron chi connectivity index (χ3n) is 4.85. The molecule has 1 atom stereocenters. The van der Waals surface area contributed by atoms with Crippen molar-refractivity contribution in [3.8, 4) is 11.5 Å². The number of para-hydroxylation sites is 2. The molecule has 9 nitrogen and oxygen atoms in total. The highest BCUT2D eigenvalue weighted by molar-refractivity contribution is 5.89. The summed E-state index contributed by atoms with van der Waals surface area (Å²) >= 11 is 0. The number of fused-ring (bicyclic) bond motifs is 2. The fourth-order valence-corrected chi connectivity index (χ4v) is 3.37. The smallest absolute Gasteiger partial charge is 0.279 e. The predicted octanol–water partition coefficient (Wildman–Crippen LogP) is 2.17. The molecule has 2 aromatic carbocycles. The van der Waals surface area contributed by atoms with E-state index in [4.69, 9.17) is 9.47 Å². The second-order valence-corrected chi connectivity index (χ2v) is 6.80. The second-order valence-electron chi connectivity index (χ2n) is 6.80. The summed E-state index contributed by atoms with van der Waals surface area (Å²) in [5, 5.41) is 7.87. The highest BCUT2D eigenvalue weighted by atomic mass is 16.5. The van der Waals surface area contributed by atoms with Gasteiger partial charge in [0.05, 0.1) is 42.9 Å². The normalized spacial score (nSPS) is 12.1. The highest BCUT2D eigenvalue weighted by Crippen LogP contribution is 2.32. The van der Waals surface area contributed by atoms with Gasteiger partial charge in [-0.15, -0.1) is 0 Å². The van der Waals surface area contributed by atoms with E-state index < -0.39 is 5.56 Å². The monoisotopic (exact) mass is 407 g/mol. The minimum Gasteiger partial charge on any atom is -0.493 e. The number of rotatable bonds is 6. The standard InChI is InChI=1S/C21H21N5O4/c1-12(20-24-14-6-4-5-7-15(14)25-20)23-17(27)11-26-21(28)18-13(10-22-26)8-9-16(29-2)19(18)30-3/h4-10,12H,11H2,1-3H3,(H,23,27)(H,24,25)/t12-/m0/s1. The number of hydrogen-bond acceptors (Lipinski definition) is 6. The van der Waals surface area contributed by atoms with Crippen LogP contribution in [0.1, 0.15) is 18.8 Å². The van der Waals surface area contributed by atoms with Crippen LogP contribution in [0.4, 0.5) is 0 Å². The van der Waals surface area contributed by atoms with Gasteiger partial charge in [0.1, 0.15) is 12.4 Å². The van der Waals surface area contributed by atoms with E-state index in [9.17, 15) is 9.59 Å². The van der Waals surface area contributed by atoms with Crippen molar-refractivity contribution in [2.24, 2.45) is 0 Å². The predicted molar refractivity (Wildman–Crippen MR) is 112 cm³/mol. The molecule has 0 radical (unpaired) electrons. The molecule has 4 rings (SSSR count). The maximum absolute atomic E-state index is 13.0. The van der Waals surface area contributed by atoms with Gasteiger partial charge in [0, 0.05) is 5.39 Å². The number of ether oxygens (including phenoxy) is 2. The van der Waals surface area contributed by atoms with E-state index in [-0.39, 0.29) is 18.5 Å². The summed E-state index contributed by atoms with van der Waals surface area (Å²) in [5.41, 5.74) is 1.28. The minimum atomic E-state index is -0.435. The van der Waals surface area contributed by atoms with Gasteiger partial charge in [0.2, 0.25) is 5.91 Å². The first-order chi connectivity index (χ1) is 14.5. The van der Waals surface area contributed by atoms with E-state index in [2.05, 4.69) is 20.4 Å². The zero-order chi connectivity index (χ0) is 21.3. The Morgan fingerprint density at radius 3 is 2.73 bits per heavy atom.